The van der Waals surface area contributed by atoms with E-state index < -0.39 is 24.2 Å². The van der Waals surface area contributed by atoms with Crippen LogP contribution in [-0.2, 0) is 27.4 Å². The van der Waals surface area contributed by atoms with Crippen LogP contribution in [0.25, 0.3) is 10.9 Å². The van der Waals surface area contributed by atoms with Crippen molar-refractivity contribution < 1.29 is 27.5 Å². The van der Waals surface area contributed by atoms with Crippen molar-refractivity contribution in [2.45, 2.75) is 57.7 Å². The van der Waals surface area contributed by atoms with Crippen LogP contribution in [0.2, 0.25) is 5.04 Å². The van der Waals surface area contributed by atoms with Gasteiger partial charge in [0.05, 0.1) is 17.2 Å². The molecule has 1 heterocycles. The van der Waals surface area contributed by atoms with E-state index in [9.17, 15) is 18.0 Å². The minimum Gasteiger partial charge on any atom is -0.465 e. The second kappa shape index (κ2) is 12.5. The SMILES string of the molecule is CC(C)C(=O)c1cc2cc(CO[Si](c3ccccc3)(c3ccccc3)C(C)(C)C)c(S(C)(=O)=O)cc2n1CCNC(=O)O. The van der Waals surface area contributed by atoms with Crippen LogP contribution < -0.4 is 15.7 Å². The molecule has 4 aromatic rings. The summed E-state index contributed by atoms with van der Waals surface area (Å²) >= 11 is 0. The number of carbonyl (C=O) groups excluding carboxylic acids is 1. The topological polar surface area (TPSA) is 115 Å². The lowest BCUT2D eigenvalue weighted by Crippen LogP contribution is -2.66. The normalized spacial score (nSPS) is 12.5. The Labute approximate surface area is 254 Å². The molecule has 2 N–H and O–H groups in total. The molecule has 0 aliphatic heterocycles. The second-order valence-corrected chi connectivity index (χ2v) is 18.5. The first-order chi connectivity index (χ1) is 20.2. The van der Waals surface area contributed by atoms with Gasteiger partial charge in [-0.2, -0.15) is 0 Å². The molecule has 8 nitrogen and oxygen atoms in total. The van der Waals surface area contributed by atoms with Crippen molar-refractivity contribution in [1.82, 2.24) is 9.88 Å². The molecule has 0 unspecified atom stereocenters. The molecule has 0 saturated carbocycles. The lowest BCUT2D eigenvalue weighted by molar-refractivity contribution is 0.0930. The monoisotopic (exact) mass is 620 g/mol. The van der Waals surface area contributed by atoms with E-state index >= 15 is 0 Å². The van der Waals surface area contributed by atoms with E-state index in [0.29, 0.717) is 22.2 Å². The summed E-state index contributed by atoms with van der Waals surface area (Å²) in [7, 11) is -6.67. The molecule has 0 radical (unpaired) electrons. The number of hydrogen-bond donors (Lipinski definition) is 2. The molecule has 0 aliphatic carbocycles. The largest absolute Gasteiger partial charge is 0.465 e. The summed E-state index contributed by atoms with van der Waals surface area (Å²) in [6.45, 7) is 10.4. The Morgan fingerprint density at radius 1 is 0.953 bits per heavy atom. The van der Waals surface area contributed by atoms with Crippen molar-refractivity contribution in [3.63, 3.8) is 0 Å². The predicted octanol–water partition coefficient (Wildman–Crippen LogP) is 5.23. The highest BCUT2D eigenvalue weighted by atomic mass is 32.2. The summed E-state index contributed by atoms with van der Waals surface area (Å²) in [6, 6.07) is 25.4. The molecule has 0 spiro atoms. The van der Waals surface area contributed by atoms with Gasteiger partial charge in [-0.1, -0.05) is 95.3 Å². The highest BCUT2D eigenvalue weighted by molar-refractivity contribution is 7.90. The predicted molar refractivity (Wildman–Crippen MR) is 173 cm³/mol. The molecule has 43 heavy (non-hydrogen) atoms. The van der Waals surface area contributed by atoms with Gasteiger partial charge in [0.25, 0.3) is 8.32 Å². The molecule has 0 fully saturated rings. The molecule has 3 aromatic carbocycles. The first kappa shape index (κ1) is 32.2. The van der Waals surface area contributed by atoms with Crippen LogP contribution in [0.4, 0.5) is 4.79 Å². The molecule has 1 amide bonds. The van der Waals surface area contributed by atoms with Crippen molar-refractivity contribution in [2.75, 3.05) is 12.8 Å². The number of fused-ring (bicyclic) bond motifs is 1. The third kappa shape index (κ3) is 6.61. The van der Waals surface area contributed by atoms with Crippen molar-refractivity contribution in [2.24, 2.45) is 5.92 Å². The number of carboxylic acid groups (broad SMARTS) is 1. The summed E-state index contributed by atoms with van der Waals surface area (Å²) in [5.74, 6) is -0.416. The lowest BCUT2D eigenvalue weighted by Gasteiger charge is -2.43. The van der Waals surface area contributed by atoms with Gasteiger partial charge in [-0.05, 0) is 39.2 Å². The first-order valence-corrected chi connectivity index (χ1v) is 18.1. The summed E-state index contributed by atoms with van der Waals surface area (Å²) in [4.78, 5) is 24.4. The molecule has 0 aliphatic rings. The number of ketones is 1. The van der Waals surface area contributed by atoms with Gasteiger partial charge in [0.1, 0.15) is 0 Å². The molecule has 0 bridgehead atoms. The fraction of sp³-hybridized carbons (Fsp3) is 0.333. The molecule has 4 rings (SSSR count). The quantitative estimate of drug-likeness (QED) is 0.175. The number of hydrogen-bond acceptors (Lipinski definition) is 5. The smallest absolute Gasteiger partial charge is 0.404 e. The zero-order valence-electron chi connectivity index (χ0n) is 25.5. The maximum atomic E-state index is 13.2. The van der Waals surface area contributed by atoms with Gasteiger partial charge in [-0.15, -0.1) is 0 Å². The Morgan fingerprint density at radius 2 is 1.51 bits per heavy atom. The average molecular weight is 621 g/mol. The van der Waals surface area contributed by atoms with Gasteiger partial charge in [0, 0.05) is 36.2 Å². The average Bonchev–Trinajstić information content (AvgIpc) is 3.29. The third-order valence-corrected chi connectivity index (χ3v) is 13.9. The number of carbonyl (C=O) groups is 2. The molecule has 0 atom stereocenters. The van der Waals surface area contributed by atoms with E-state index in [0.717, 1.165) is 10.4 Å². The Bertz CT molecular complexity index is 1690. The maximum absolute atomic E-state index is 13.2. The third-order valence-electron chi connectivity index (χ3n) is 7.73. The van der Waals surface area contributed by atoms with Crippen molar-refractivity contribution in [3.8, 4) is 0 Å². The van der Waals surface area contributed by atoms with Crippen LogP contribution in [0, 0.1) is 5.92 Å². The highest BCUT2D eigenvalue weighted by Gasteiger charge is 2.50. The Kier molecular flexibility index (Phi) is 9.34. The minimum absolute atomic E-state index is 0.0465. The van der Waals surface area contributed by atoms with Gasteiger partial charge in [0.15, 0.2) is 15.6 Å². The first-order valence-electron chi connectivity index (χ1n) is 14.3. The maximum Gasteiger partial charge on any atom is 0.404 e. The molecular formula is C33H40N2O6SSi. The van der Waals surface area contributed by atoms with E-state index in [4.69, 9.17) is 9.53 Å². The summed E-state index contributed by atoms with van der Waals surface area (Å²) in [5.41, 5.74) is 1.46. The number of nitrogens with one attached hydrogen (secondary N) is 1. The number of sulfone groups is 1. The standard InChI is InChI=1S/C33H40N2O6SSi/c1-23(2)31(36)29-20-24-19-25(30(42(6,39)40)21-28(24)35(29)18-17-34-32(37)38)22-41-43(33(3,4)5,26-13-9-7-10-14-26)27-15-11-8-12-16-27/h7-16,19-21,23,34H,17-18,22H2,1-6H3,(H,37,38). The van der Waals surface area contributed by atoms with Crippen LogP contribution in [0.1, 0.15) is 50.7 Å². The van der Waals surface area contributed by atoms with Crippen LogP contribution in [-0.4, -0.2) is 51.1 Å². The lowest BCUT2D eigenvalue weighted by atomic mass is 10.1. The Balaban J connectivity index is 1.90. The highest BCUT2D eigenvalue weighted by Crippen LogP contribution is 2.38. The van der Waals surface area contributed by atoms with Gasteiger partial charge in [-0.25, -0.2) is 13.2 Å². The van der Waals surface area contributed by atoms with Gasteiger partial charge in [-0.3, -0.25) is 4.79 Å². The molecule has 228 valence electrons. The van der Waals surface area contributed by atoms with Crippen molar-refractivity contribution >= 4 is 51.3 Å². The number of benzene rings is 3. The number of rotatable bonds is 11. The van der Waals surface area contributed by atoms with Gasteiger partial charge < -0.3 is 19.4 Å². The fourth-order valence-corrected chi connectivity index (χ4v) is 11.2. The number of Topliss-reactive ketones (excluding diaryl/α,β-unsaturated/α-hetero) is 1. The Hall–Kier alpha value is -3.73. The number of amides is 1. The summed E-state index contributed by atoms with van der Waals surface area (Å²) < 4.78 is 35.2. The van der Waals surface area contributed by atoms with E-state index in [1.807, 2.05) is 36.4 Å². The van der Waals surface area contributed by atoms with Crippen LogP contribution in [0.3, 0.4) is 0 Å². The van der Waals surface area contributed by atoms with E-state index in [1.54, 1.807) is 36.6 Å². The Morgan fingerprint density at radius 3 is 1.98 bits per heavy atom. The summed E-state index contributed by atoms with van der Waals surface area (Å²) in [5, 5.41) is 14.0. The molecule has 1 aromatic heterocycles. The summed E-state index contributed by atoms with van der Waals surface area (Å²) in [6.07, 6.45) is -0.00674. The van der Waals surface area contributed by atoms with E-state index in [-0.39, 0.29) is 41.3 Å². The molecule has 10 heteroatoms. The van der Waals surface area contributed by atoms with Crippen molar-refractivity contribution in [3.05, 3.63) is 90.1 Å². The van der Waals surface area contributed by atoms with Crippen LogP contribution in [0.5, 0.6) is 0 Å². The van der Waals surface area contributed by atoms with Crippen molar-refractivity contribution in [1.29, 1.82) is 0 Å². The van der Waals surface area contributed by atoms with Crippen LogP contribution in [0.15, 0.2) is 83.8 Å². The number of nitrogens with zero attached hydrogens (tertiary/aromatic N) is 1. The van der Waals surface area contributed by atoms with E-state index in [1.165, 1.54) is 6.26 Å². The number of aromatic nitrogens is 1. The fourth-order valence-electron chi connectivity index (χ4n) is 5.76. The zero-order chi connectivity index (χ0) is 31.6. The van der Waals surface area contributed by atoms with Crippen LogP contribution >= 0.6 is 0 Å². The van der Waals surface area contributed by atoms with E-state index in [2.05, 4.69) is 50.4 Å². The second-order valence-electron chi connectivity index (χ2n) is 12.2. The molecule has 0 saturated heterocycles. The van der Waals surface area contributed by atoms with Gasteiger partial charge >= 0.3 is 6.09 Å². The minimum atomic E-state index is -3.71. The zero-order valence-corrected chi connectivity index (χ0v) is 27.4. The molecular weight excluding hydrogens is 581 g/mol. The van der Waals surface area contributed by atoms with Gasteiger partial charge in [0.2, 0.25) is 0 Å².